The van der Waals surface area contributed by atoms with Crippen molar-refractivity contribution in [3.05, 3.63) is 267 Å². The van der Waals surface area contributed by atoms with Crippen molar-refractivity contribution in [2.75, 3.05) is 9.80 Å². The summed E-state index contributed by atoms with van der Waals surface area (Å²) in [5.41, 5.74) is 16.5. The van der Waals surface area contributed by atoms with E-state index in [0.717, 1.165) is 111 Å². The van der Waals surface area contributed by atoms with Gasteiger partial charge in [0.1, 0.15) is 22.3 Å². The molecule has 0 saturated carbocycles. The first-order valence-corrected chi connectivity index (χ1v) is 24.5. The molecule has 4 heteroatoms. The van der Waals surface area contributed by atoms with Crippen molar-refractivity contribution in [2.24, 2.45) is 0 Å². The van der Waals surface area contributed by atoms with E-state index in [1.807, 2.05) is 0 Å². The molecule has 0 aliphatic heterocycles. The van der Waals surface area contributed by atoms with Crippen LogP contribution >= 0.6 is 0 Å². The van der Waals surface area contributed by atoms with E-state index in [0.29, 0.717) is 0 Å². The van der Waals surface area contributed by atoms with Gasteiger partial charge in [0.05, 0.1) is 5.56 Å². The molecule has 0 saturated heterocycles. The van der Waals surface area contributed by atoms with E-state index in [1.54, 1.807) is 0 Å². The number of hydrogen-bond donors (Lipinski definition) is 0. The van der Waals surface area contributed by atoms with Gasteiger partial charge in [0.15, 0.2) is 0 Å². The molecule has 0 aliphatic carbocycles. The van der Waals surface area contributed by atoms with Gasteiger partial charge in [-0.25, -0.2) is 0 Å². The van der Waals surface area contributed by atoms with Crippen LogP contribution in [0.1, 0.15) is 0 Å². The predicted molar refractivity (Wildman–Crippen MR) is 302 cm³/mol. The fraction of sp³-hybridized carbons (Fsp3) is 0. The molecule has 14 aromatic rings. The highest BCUT2D eigenvalue weighted by Crippen LogP contribution is 2.47. The van der Waals surface area contributed by atoms with Gasteiger partial charge in [0, 0.05) is 55.7 Å². The number of benzene rings is 12. The predicted octanol–water partition coefficient (Wildman–Crippen LogP) is 19.7. The second kappa shape index (κ2) is 17.1. The van der Waals surface area contributed by atoms with Gasteiger partial charge >= 0.3 is 0 Å². The summed E-state index contributed by atoms with van der Waals surface area (Å²) in [7, 11) is 0. The monoisotopic (exact) mass is 920 g/mol. The third-order valence-electron chi connectivity index (χ3n) is 14.2. The Hall–Kier alpha value is -9.64. The Balaban J connectivity index is 0.889. The Kier molecular flexibility index (Phi) is 9.82. The van der Waals surface area contributed by atoms with Crippen LogP contribution in [0.4, 0.5) is 34.1 Å². The summed E-state index contributed by atoms with van der Waals surface area (Å²) in [5.74, 6) is 0. The van der Waals surface area contributed by atoms with Crippen LogP contribution in [0.2, 0.25) is 0 Å². The first kappa shape index (κ1) is 41.3. The van der Waals surface area contributed by atoms with Crippen molar-refractivity contribution in [3.8, 4) is 33.4 Å². The Morgan fingerprint density at radius 3 is 0.958 bits per heavy atom. The van der Waals surface area contributed by atoms with Crippen LogP contribution in [-0.4, -0.2) is 0 Å². The van der Waals surface area contributed by atoms with E-state index in [9.17, 15) is 0 Å². The molecule has 0 unspecified atom stereocenters. The average molecular weight is 921 g/mol. The van der Waals surface area contributed by atoms with Crippen LogP contribution in [0, 0.1) is 0 Å². The lowest BCUT2D eigenvalue weighted by molar-refractivity contribution is 0.658. The van der Waals surface area contributed by atoms with Gasteiger partial charge in [-0.1, -0.05) is 164 Å². The van der Waals surface area contributed by atoms with Gasteiger partial charge in [0.25, 0.3) is 0 Å². The Bertz CT molecular complexity index is 4020. The van der Waals surface area contributed by atoms with Crippen molar-refractivity contribution in [2.45, 2.75) is 0 Å². The molecule has 338 valence electrons. The number of para-hydroxylation sites is 2. The maximum absolute atomic E-state index is 7.03. The number of hydrogen-bond acceptors (Lipinski definition) is 4. The number of fused-ring (bicyclic) bond motifs is 8. The van der Waals surface area contributed by atoms with Crippen molar-refractivity contribution in [3.63, 3.8) is 0 Å². The van der Waals surface area contributed by atoms with Crippen molar-refractivity contribution in [1.29, 1.82) is 0 Å². The molecule has 0 bridgehead atoms. The van der Waals surface area contributed by atoms with Crippen LogP contribution in [0.25, 0.3) is 98.8 Å². The third-order valence-corrected chi connectivity index (χ3v) is 14.2. The minimum Gasteiger partial charge on any atom is -0.455 e. The molecule has 72 heavy (non-hydrogen) atoms. The lowest BCUT2D eigenvalue weighted by Gasteiger charge is -2.26. The zero-order chi connectivity index (χ0) is 47.5. The van der Waals surface area contributed by atoms with Gasteiger partial charge in [-0.2, -0.15) is 0 Å². The molecule has 14 rings (SSSR count). The lowest BCUT2D eigenvalue weighted by atomic mass is 9.97. The van der Waals surface area contributed by atoms with E-state index in [4.69, 9.17) is 8.83 Å². The zero-order valence-corrected chi connectivity index (χ0v) is 39.1. The molecule has 0 fully saturated rings. The molecule has 0 radical (unpaired) electrons. The fourth-order valence-corrected chi connectivity index (χ4v) is 10.7. The van der Waals surface area contributed by atoms with E-state index in [2.05, 4.69) is 277 Å². The Morgan fingerprint density at radius 1 is 0.222 bits per heavy atom. The van der Waals surface area contributed by atoms with Crippen LogP contribution in [0.3, 0.4) is 0 Å². The molecule has 2 aromatic heterocycles. The van der Waals surface area contributed by atoms with Crippen LogP contribution in [-0.2, 0) is 0 Å². The van der Waals surface area contributed by atoms with E-state index < -0.39 is 0 Å². The standard InChI is InChI=1S/C68H44N2O2/c1-6-16-45(17-7-1)47-26-32-56(33-27-47)69(54-22-12-4-13-23-54)58-36-30-50-40-60-62-44-63-61-41-51-31-37-59(70(55-24-14-5-15-25-55)57-34-28-48(29-35-57)46-18-8-2-9-19-46)39-53(51)43-65(61)72-68(63)66(49-20-10-3-11-21-49)67(62)71-64(60)42-52(50)38-58/h1-44H. The summed E-state index contributed by atoms with van der Waals surface area (Å²) in [6.07, 6.45) is 0. The quantitative estimate of drug-likeness (QED) is 0.144. The largest absolute Gasteiger partial charge is 0.455 e. The first-order chi connectivity index (χ1) is 35.7. The summed E-state index contributed by atoms with van der Waals surface area (Å²) in [5, 5.41) is 8.71. The smallest absolute Gasteiger partial charge is 0.147 e. The molecule has 0 amide bonds. The first-order valence-electron chi connectivity index (χ1n) is 24.5. The van der Waals surface area contributed by atoms with Gasteiger partial charge in [-0.15, -0.1) is 0 Å². The van der Waals surface area contributed by atoms with Gasteiger partial charge < -0.3 is 18.6 Å². The van der Waals surface area contributed by atoms with Gasteiger partial charge in [-0.3, -0.25) is 0 Å². The number of rotatable bonds is 9. The zero-order valence-electron chi connectivity index (χ0n) is 39.1. The summed E-state index contributed by atoms with van der Waals surface area (Å²) in [6.45, 7) is 0. The van der Waals surface area contributed by atoms with Crippen molar-refractivity contribution in [1.82, 2.24) is 0 Å². The maximum Gasteiger partial charge on any atom is 0.147 e. The highest BCUT2D eigenvalue weighted by Gasteiger charge is 2.23. The molecule has 0 atom stereocenters. The molecule has 0 N–H and O–H groups in total. The lowest BCUT2D eigenvalue weighted by Crippen LogP contribution is -2.09. The number of anilines is 6. The highest BCUT2D eigenvalue weighted by molar-refractivity contribution is 6.24. The molecular formula is C68H44N2O2. The normalized spacial score (nSPS) is 11.6. The summed E-state index contributed by atoms with van der Waals surface area (Å²) in [4.78, 5) is 4.64. The number of nitrogens with zero attached hydrogens (tertiary/aromatic N) is 2. The SMILES string of the molecule is c1ccc(-c2ccc(N(c3ccccc3)c3ccc4cc5c(cc4c3)oc3c(-c4ccccc4)c4oc6cc7cc(N(c8ccccc8)c8ccc(-c9ccccc9)cc8)ccc7cc6c4cc35)cc2)cc1. The third kappa shape index (κ3) is 7.16. The highest BCUT2D eigenvalue weighted by atomic mass is 16.3. The second-order valence-corrected chi connectivity index (χ2v) is 18.5. The molecular weight excluding hydrogens is 877 g/mol. The summed E-state index contributed by atoms with van der Waals surface area (Å²) >= 11 is 0. The molecule has 0 aliphatic rings. The van der Waals surface area contributed by atoms with Gasteiger partial charge in [0.2, 0.25) is 0 Å². The van der Waals surface area contributed by atoms with Gasteiger partial charge in [-0.05, 0) is 152 Å². The second-order valence-electron chi connectivity index (χ2n) is 18.5. The van der Waals surface area contributed by atoms with Crippen molar-refractivity contribution < 1.29 is 8.83 Å². The van der Waals surface area contributed by atoms with E-state index in [1.165, 1.54) is 22.3 Å². The van der Waals surface area contributed by atoms with Crippen LogP contribution in [0.15, 0.2) is 276 Å². The van der Waals surface area contributed by atoms with E-state index >= 15 is 0 Å². The summed E-state index contributed by atoms with van der Waals surface area (Å²) in [6, 6.07) is 95.1. The van der Waals surface area contributed by atoms with Crippen molar-refractivity contribution >= 4 is 99.5 Å². The number of furan rings is 2. The molecule has 12 aromatic carbocycles. The summed E-state index contributed by atoms with van der Waals surface area (Å²) < 4.78 is 14.1. The topological polar surface area (TPSA) is 32.8 Å². The van der Waals surface area contributed by atoms with Crippen LogP contribution in [0.5, 0.6) is 0 Å². The minimum absolute atomic E-state index is 0.811. The fourth-order valence-electron chi connectivity index (χ4n) is 10.7. The molecule has 4 nitrogen and oxygen atoms in total. The average Bonchev–Trinajstić information content (AvgIpc) is 3.99. The molecule has 2 heterocycles. The van der Waals surface area contributed by atoms with E-state index in [-0.39, 0.29) is 0 Å². The Labute approximate surface area is 416 Å². The minimum atomic E-state index is 0.811. The molecule has 0 spiro atoms. The Morgan fingerprint density at radius 2 is 0.556 bits per heavy atom. The maximum atomic E-state index is 7.03. The van der Waals surface area contributed by atoms with Crippen LogP contribution < -0.4 is 9.80 Å².